The van der Waals surface area contributed by atoms with Gasteiger partial charge in [0.1, 0.15) is 17.1 Å². The Kier molecular flexibility index (Phi) is 8.15. The molecule has 0 radical (unpaired) electrons. The van der Waals surface area contributed by atoms with Gasteiger partial charge in [0.05, 0.1) is 12.2 Å². The number of carbonyl (C=O) groups excluding carboxylic acids is 1. The maximum absolute atomic E-state index is 12.5. The number of rotatable bonds is 5. The van der Waals surface area contributed by atoms with Gasteiger partial charge in [0.2, 0.25) is 0 Å². The van der Waals surface area contributed by atoms with Crippen LogP contribution in [0.5, 0.6) is 0 Å². The number of pyridine rings is 2. The average Bonchev–Trinajstić information content (AvgIpc) is 3.40. The molecular formula is C23H27Cl2N5O2S. The molecule has 176 valence electrons. The standard InChI is InChI=1S/C23H25N5O2S.2ClH/c1-16(26-21-27-19(14-31-21)18-6-2-4-12-24-18)17-8-10-23(11-9-17)15-28(22(29)30-23)20-7-3-5-13-25-20;;/h2-7,12-14,16-17H,8-11,15H2,1H3,(H,26,27);2*1H/t16?,17-,23-;;. The topological polar surface area (TPSA) is 80.2 Å². The lowest BCUT2D eigenvalue weighted by atomic mass is 9.76. The zero-order valence-corrected chi connectivity index (χ0v) is 20.7. The Morgan fingerprint density at radius 2 is 1.82 bits per heavy atom. The van der Waals surface area contributed by atoms with E-state index in [-0.39, 0.29) is 30.9 Å². The van der Waals surface area contributed by atoms with Crippen molar-refractivity contribution in [2.45, 2.75) is 44.2 Å². The van der Waals surface area contributed by atoms with Gasteiger partial charge >= 0.3 is 6.09 Å². The van der Waals surface area contributed by atoms with Crippen molar-refractivity contribution in [2.24, 2.45) is 5.92 Å². The van der Waals surface area contributed by atoms with E-state index in [2.05, 4.69) is 22.2 Å². The summed E-state index contributed by atoms with van der Waals surface area (Å²) < 4.78 is 5.86. The third-order valence-corrected chi connectivity index (χ3v) is 7.10. The fourth-order valence-corrected chi connectivity index (χ4v) is 5.33. The van der Waals surface area contributed by atoms with E-state index in [4.69, 9.17) is 9.72 Å². The molecule has 1 aliphatic carbocycles. The highest BCUT2D eigenvalue weighted by atomic mass is 35.5. The van der Waals surface area contributed by atoms with Crippen LogP contribution in [0, 0.1) is 5.92 Å². The molecule has 3 aromatic heterocycles. The summed E-state index contributed by atoms with van der Waals surface area (Å²) in [6.45, 7) is 2.79. The summed E-state index contributed by atoms with van der Waals surface area (Å²) in [7, 11) is 0. The van der Waals surface area contributed by atoms with Gasteiger partial charge < -0.3 is 10.1 Å². The number of halogens is 2. The first-order valence-electron chi connectivity index (χ1n) is 10.7. The molecule has 1 saturated heterocycles. The average molecular weight is 508 g/mol. The van der Waals surface area contributed by atoms with Crippen molar-refractivity contribution < 1.29 is 9.53 Å². The number of thiazole rings is 1. The Bertz CT molecular complexity index is 1050. The molecule has 2 fully saturated rings. The van der Waals surface area contributed by atoms with Crippen molar-refractivity contribution in [3.8, 4) is 11.4 Å². The molecule has 7 nitrogen and oxygen atoms in total. The van der Waals surface area contributed by atoms with Crippen LogP contribution in [-0.4, -0.2) is 39.2 Å². The molecule has 1 atom stereocenters. The number of aromatic nitrogens is 3. The second-order valence-electron chi connectivity index (χ2n) is 8.35. The number of nitrogens with one attached hydrogen (secondary N) is 1. The molecule has 3 aromatic rings. The first-order valence-corrected chi connectivity index (χ1v) is 11.5. The van der Waals surface area contributed by atoms with Crippen molar-refractivity contribution in [3.05, 3.63) is 54.2 Å². The van der Waals surface area contributed by atoms with Gasteiger partial charge in [-0.2, -0.15) is 0 Å². The zero-order valence-electron chi connectivity index (χ0n) is 18.2. The van der Waals surface area contributed by atoms with E-state index in [9.17, 15) is 4.79 Å². The summed E-state index contributed by atoms with van der Waals surface area (Å²) in [5.41, 5.74) is 1.40. The summed E-state index contributed by atoms with van der Waals surface area (Å²) in [6, 6.07) is 11.7. The van der Waals surface area contributed by atoms with E-state index in [1.54, 1.807) is 28.6 Å². The molecule has 0 aromatic carbocycles. The van der Waals surface area contributed by atoms with Crippen LogP contribution in [0.2, 0.25) is 0 Å². The van der Waals surface area contributed by atoms with E-state index >= 15 is 0 Å². The first kappa shape index (κ1) is 25.2. The molecule has 10 heteroatoms. The zero-order chi connectivity index (χ0) is 21.3. The van der Waals surface area contributed by atoms with Crippen molar-refractivity contribution in [2.75, 3.05) is 16.8 Å². The Labute approximate surface area is 209 Å². The molecule has 1 unspecified atom stereocenters. The van der Waals surface area contributed by atoms with E-state index < -0.39 is 5.60 Å². The van der Waals surface area contributed by atoms with Crippen LogP contribution in [0.15, 0.2) is 54.2 Å². The monoisotopic (exact) mass is 507 g/mol. The highest BCUT2D eigenvalue weighted by Crippen LogP contribution is 2.41. The lowest BCUT2D eigenvalue weighted by Gasteiger charge is -2.37. The highest BCUT2D eigenvalue weighted by Gasteiger charge is 2.48. The number of anilines is 2. The number of hydrogen-bond acceptors (Lipinski definition) is 7. The highest BCUT2D eigenvalue weighted by molar-refractivity contribution is 7.14. The Morgan fingerprint density at radius 3 is 2.48 bits per heavy atom. The van der Waals surface area contributed by atoms with Crippen molar-refractivity contribution in [1.29, 1.82) is 0 Å². The summed E-state index contributed by atoms with van der Waals surface area (Å²) in [4.78, 5) is 27.5. The summed E-state index contributed by atoms with van der Waals surface area (Å²) >= 11 is 1.61. The molecule has 5 rings (SSSR count). The van der Waals surface area contributed by atoms with E-state index in [1.165, 1.54) is 0 Å². The molecule has 1 N–H and O–H groups in total. The normalized spacial score (nSPS) is 22.8. The second-order valence-corrected chi connectivity index (χ2v) is 9.21. The number of nitrogens with zero attached hydrogens (tertiary/aromatic N) is 4. The van der Waals surface area contributed by atoms with Gasteiger partial charge in [0.15, 0.2) is 5.13 Å². The largest absolute Gasteiger partial charge is 0.441 e. The van der Waals surface area contributed by atoms with Gasteiger partial charge in [0.25, 0.3) is 0 Å². The number of hydrogen-bond donors (Lipinski definition) is 1. The summed E-state index contributed by atoms with van der Waals surface area (Å²) in [6.07, 6.45) is 6.97. The van der Waals surface area contributed by atoms with Gasteiger partial charge in [-0.25, -0.2) is 14.8 Å². The van der Waals surface area contributed by atoms with Crippen molar-refractivity contribution >= 4 is 53.2 Å². The summed E-state index contributed by atoms with van der Waals surface area (Å²) in [5, 5.41) is 6.53. The van der Waals surface area contributed by atoms with Crippen LogP contribution in [-0.2, 0) is 4.74 Å². The number of amides is 1. The maximum Gasteiger partial charge on any atom is 0.416 e. The minimum absolute atomic E-state index is 0. The maximum atomic E-state index is 12.5. The van der Waals surface area contributed by atoms with Crippen molar-refractivity contribution in [1.82, 2.24) is 15.0 Å². The van der Waals surface area contributed by atoms with Gasteiger partial charge in [0, 0.05) is 23.8 Å². The second kappa shape index (κ2) is 10.7. The minimum Gasteiger partial charge on any atom is -0.441 e. The molecule has 0 bridgehead atoms. The predicted molar refractivity (Wildman–Crippen MR) is 136 cm³/mol. The molecule has 4 heterocycles. The lowest BCUT2D eigenvalue weighted by molar-refractivity contribution is 0.0117. The van der Waals surface area contributed by atoms with Crippen LogP contribution in [0.4, 0.5) is 15.7 Å². The Morgan fingerprint density at radius 1 is 1.09 bits per heavy atom. The van der Waals surface area contributed by atoms with Crippen LogP contribution in [0.3, 0.4) is 0 Å². The van der Waals surface area contributed by atoms with Crippen molar-refractivity contribution in [3.63, 3.8) is 0 Å². The van der Waals surface area contributed by atoms with Crippen LogP contribution in [0.25, 0.3) is 11.4 Å². The minimum atomic E-state index is -0.391. The van der Waals surface area contributed by atoms with E-state index in [0.29, 0.717) is 24.3 Å². The fraction of sp³-hybridized carbons (Fsp3) is 0.391. The SMILES string of the molecule is CC(Nc1nc(-c2ccccn2)cs1)[C@H]1CC[C@]2(CC1)CN(c1ccccn1)C(=O)O2.Cl.Cl. The van der Waals surface area contributed by atoms with Crippen LogP contribution >= 0.6 is 36.2 Å². The van der Waals surface area contributed by atoms with Crippen LogP contribution in [0.1, 0.15) is 32.6 Å². The van der Waals surface area contributed by atoms with Crippen LogP contribution < -0.4 is 10.2 Å². The third kappa shape index (κ3) is 5.39. The van der Waals surface area contributed by atoms with Gasteiger partial charge in [-0.15, -0.1) is 36.2 Å². The first-order chi connectivity index (χ1) is 15.1. The Hall–Kier alpha value is -2.42. The molecule has 2 aliphatic rings. The lowest BCUT2D eigenvalue weighted by Crippen LogP contribution is -2.41. The predicted octanol–water partition coefficient (Wildman–Crippen LogP) is 5.83. The fourth-order valence-electron chi connectivity index (χ4n) is 4.52. The van der Waals surface area contributed by atoms with Gasteiger partial charge in [-0.05, 0) is 62.8 Å². The molecule has 1 spiro atoms. The van der Waals surface area contributed by atoms with E-state index in [0.717, 1.165) is 42.2 Å². The van der Waals surface area contributed by atoms with Gasteiger partial charge in [-0.1, -0.05) is 12.1 Å². The molecule has 1 saturated carbocycles. The number of ether oxygens (including phenoxy) is 1. The third-order valence-electron chi connectivity index (χ3n) is 6.33. The molecular weight excluding hydrogens is 481 g/mol. The quantitative estimate of drug-likeness (QED) is 0.467. The number of carbonyl (C=O) groups is 1. The van der Waals surface area contributed by atoms with E-state index in [1.807, 2.05) is 41.8 Å². The Balaban J connectivity index is 0.00000153. The summed E-state index contributed by atoms with van der Waals surface area (Å²) in [5.74, 6) is 1.17. The van der Waals surface area contributed by atoms with Gasteiger partial charge in [-0.3, -0.25) is 9.88 Å². The smallest absolute Gasteiger partial charge is 0.416 e. The molecule has 1 amide bonds. The molecule has 1 aliphatic heterocycles. The molecule has 33 heavy (non-hydrogen) atoms.